The normalized spacial score (nSPS) is 22.1. The Kier molecular flexibility index (Phi) is 4.74. The van der Waals surface area contributed by atoms with Crippen LogP contribution in [0.1, 0.15) is 16.7 Å². The average molecular weight is 359 g/mol. The predicted octanol–water partition coefficient (Wildman–Crippen LogP) is 2.22. The Bertz CT molecular complexity index is 879. The molecule has 2 heterocycles. The number of carbonyl (C=O) groups excluding carboxylic acids is 2. The van der Waals surface area contributed by atoms with E-state index in [-0.39, 0.29) is 23.7 Å². The van der Waals surface area contributed by atoms with Crippen LogP contribution in [0.15, 0.2) is 54.6 Å². The SMILES string of the molecule is N#Cc1cccc(CN2C[C@@H]3C(=O)N(CCc4ccccc4)C(=O)[C@@H]3C2)c1. The van der Waals surface area contributed by atoms with Gasteiger partial charge in [-0.1, -0.05) is 42.5 Å². The third-order valence-corrected chi connectivity index (χ3v) is 5.49. The molecule has 5 nitrogen and oxygen atoms in total. The highest BCUT2D eigenvalue weighted by atomic mass is 16.2. The fourth-order valence-corrected chi connectivity index (χ4v) is 4.13. The molecular weight excluding hydrogens is 338 g/mol. The molecule has 2 fully saturated rings. The monoisotopic (exact) mass is 359 g/mol. The third kappa shape index (κ3) is 3.49. The van der Waals surface area contributed by atoms with Gasteiger partial charge in [0, 0.05) is 26.2 Å². The van der Waals surface area contributed by atoms with Gasteiger partial charge in [-0.15, -0.1) is 0 Å². The Morgan fingerprint density at radius 1 is 0.926 bits per heavy atom. The highest BCUT2D eigenvalue weighted by molar-refractivity contribution is 6.05. The standard InChI is InChI=1S/C22H21N3O2/c23-12-17-7-4-8-18(11-17)13-24-14-19-20(15-24)22(27)25(21(19)26)10-9-16-5-2-1-3-6-16/h1-8,11,19-20H,9-10,13-15H2/t19-,20+. The van der Waals surface area contributed by atoms with Gasteiger partial charge in [-0.2, -0.15) is 5.26 Å². The van der Waals surface area contributed by atoms with Gasteiger partial charge in [-0.3, -0.25) is 19.4 Å². The van der Waals surface area contributed by atoms with Crippen LogP contribution < -0.4 is 0 Å². The molecule has 2 aromatic carbocycles. The molecule has 0 N–H and O–H groups in total. The summed E-state index contributed by atoms with van der Waals surface area (Å²) in [5, 5.41) is 9.03. The number of likely N-dealkylation sites (tertiary alicyclic amines) is 2. The second-order valence-corrected chi connectivity index (χ2v) is 7.28. The number of nitriles is 1. The largest absolute Gasteiger partial charge is 0.297 e. The molecule has 0 spiro atoms. The lowest BCUT2D eigenvalue weighted by atomic mass is 10.00. The zero-order valence-corrected chi connectivity index (χ0v) is 15.0. The number of nitrogens with zero attached hydrogens (tertiary/aromatic N) is 3. The summed E-state index contributed by atoms with van der Waals surface area (Å²) in [5.41, 5.74) is 2.80. The van der Waals surface area contributed by atoms with Gasteiger partial charge < -0.3 is 0 Å². The Morgan fingerprint density at radius 2 is 1.59 bits per heavy atom. The lowest BCUT2D eigenvalue weighted by Crippen LogP contribution is -2.37. The molecule has 2 aliphatic heterocycles. The summed E-state index contributed by atoms with van der Waals surface area (Å²) in [5.74, 6) is -0.525. The molecule has 0 aliphatic carbocycles. The summed E-state index contributed by atoms with van der Waals surface area (Å²) in [6, 6.07) is 19.6. The Morgan fingerprint density at radius 3 is 2.26 bits per heavy atom. The van der Waals surface area contributed by atoms with Crippen molar-refractivity contribution in [2.24, 2.45) is 11.8 Å². The lowest BCUT2D eigenvalue weighted by molar-refractivity contribution is -0.140. The lowest BCUT2D eigenvalue weighted by Gasteiger charge is -2.20. The molecule has 136 valence electrons. The number of hydrogen-bond donors (Lipinski definition) is 0. The Balaban J connectivity index is 1.38. The second kappa shape index (κ2) is 7.34. The van der Waals surface area contributed by atoms with Gasteiger partial charge in [0.15, 0.2) is 0 Å². The summed E-state index contributed by atoms with van der Waals surface area (Å²) in [6.07, 6.45) is 0.697. The molecule has 0 unspecified atom stereocenters. The number of hydrogen-bond acceptors (Lipinski definition) is 4. The van der Waals surface area contributed by atoms with E-state index in [0.717, 1.165) is 11.1 Å². The van der Waals surface area contributed by atoms with Crippen molar-refractivity contribution in [1.82, 2.24) is 9.80 Å². The molecule has 2 aromatic rings. The van der Waals surface area contributed by atoms with Gasteiger partial charge in [-0.05, 0) is 29.7 Å². The summed E-state index contributed by atoms with van der Waals surface area (Å²) >= 11 is 0. The molecule has 2 aliphatic rings. The second-order valence-electron chi connectivity index (χ2n) is 7.28. The van der Waals surface area contributed by atoms with E-state index in [0.29, 0.717) is 38.2 Å². The molecule has 5 heteroatoms. The van der Waals surface area contributed by atoms with Gasteiger partial charge in [0.05, 0.1) is 23.5 Å². The van der Waals surface area contributed by atoms with Crippen LogP contribution >= 0.6 is 0 Å². The van der Waals surface area contributed by atoms with Gasteiger partial charge in [0.1, 0.15) is 0 Å². The zero-order valence-electron chi connectivity index (χ0n) is 15.0. The maximum absolute atomic E-state index is 12.8. The number of imide groups is 1. The minimum atomic E-state index is -0.229. The minimum absolute atomic E-state index is 0.0331. The van der Waals surface area contributed by atoms with Gasteiger partial charge >= 0.3 is 0 Å². The Hall–Kier alpha value is -2.97. The van der Waals surface area contributed by atoms with Crippen molar-refractivity contribution in [3.63, 3.8) is 0 Å². The number of fused-ring (bicyclic) bond motifs is 1. The van der Waals surface area contributed by atoms with Gasteiger partial charge in [0.2, 0.25) is 11.8 Å². The first-order chi connectivity index (χ1) is 13.2. The number of carbonyl (C=O) groups is 2. The fraction of sp³-hybridized carbons (Fsp3) is 0.318. The van der Waals surface area contributed by atoms with E-state index in [2.05, 4.69) is 11.0 Å². The molecular formula is C22H21N3O2. The molecule has 4 rings (SSSR count). The van der Waals surface area contributed by atoms with Crippen LogP contribution in [0.2, 0.25) is 0 Å². The molecule has 27 heavy (non-hydrogen) atoms. The molecule has 2 atom stereocenters. The zero-order chi connectivity index (χ0) is 18.8. The third-order valence-electron chi connectivity index (χ3n) is 5.49. The van der Waals surface area contributed by atoms with Crippen molar-refractivity contribution in [1.29, 1.82) is 5.26 Å². The highest BCUT2D eigenvalue weighted by Crippen LogP contribution is 2.34. The van der Waals surface area contributed by atoms with Crippen molar-refractivity contribution in [2.75, 3.05) is 19.6 Å². The first-order valence-corrected chi connectivity index (χ1v) is 9.26. The predicted molar refractivity (Wildman–Crippen MR) is 100 cm³/mol. The minimum Gasteiger partial charge on any atom is -0.297 e. The number of benzene rings is 2. The van der Waals surface area contributed by atoms with E-state index in [9.17, 15) is 9.59 Å². The first-order valence-electron chi connectivity index (χ1n) is 9.26. The van der Waals surface area contributed by atoms with Crippen LogP contribution in [0, 0.1) is 23.2 Å². The van der Waals surface area contributed by atoms with Crippen molar-refractivity contribution in [3.05, 3.63) is 71.3 Å². The molecule has 2 saturated heterocycles. The highest BCUT2D eigenvalue weighted by Gasteiger charge is 2.51. The van der Waals surface area contributed by atoms with E-state index in [1.165, 1.54) is 4.90 Å². The number of amides is 2. The quantitative estimate of drug-likeness (QED) is 0.768. The molecule has 0 saturated carbocycles. The maximum Gasteiger partial charge on any atom is 0.234 e. The van der Waals surface area contributed by atoms with E-state index in [4.69, 9.17) is 5.26 Å². The molecule has 0 aromatic heterocycles. The Labute approximate surface area is 158 Å². The molecule has 0 radical (unpaired) electrons. The smallest absolute Gasteiger partial charge is 0.234 e. The van der Waals surface area contributed by atoms with Crippen LogP contribution in [0.3, 0.4) is 0 Å². The van der Waals surface area contributed by atoms with Crippen LogP contribution in [0.25, 0.3) is 0 Å². The van der Waals surface area contributed by atoms with Gasteiger partial charge in [0.25, 0.3) is 0 Å². The van der Waals surface area contributed by atoms with Crippen molar-refractivity contribution in [3.8, 4) is 6.07 Å². The summed E-state index contributed by atoms with van der Waals surface area (Å²) in [6.45, 7) is 2.33. The fourth-order valence-electron chi connectivity index (χ4n) is 4.13. The molecule has 0 bridgehead atoms. The van der Waals surface area contributed by atoms with E-state index in [1.54, 1.807) is 6.07 Å². The number of rotatable bonds is 5. The summed E-state index contributed by atoms with van der Waals surface area (Å²) in [7, 11) is 0. The van der Waals surface area contributed by atoms with E-state index < -0.39 is 0 Å². The first kappa shape index (κ1) is 17.4. The van der Waals surface area contributed by atoms with Crippen LogP contribution in [-0.2, 0) is 22.6 Å². The van der Waals surface area contributed by atoms with Crippen molar-refractivity contribution in [2.45, 2.75) is 13.0 Å². The van der Waals surface area contributed by atoms with E-state index in [1.807, 2.05) is 48.5 Å². The van der Waals surface area contributed by atoms with Gasteiger partial charge in [-0.25, -0.2) is 0 Å². The maximum atomic E-state index is 12.8. The topological polar surface area (TPSA) is 64.4 Å². The van der Waals surface area contributed by atoms with Crippen LogP contribution in [0.5, 0.6) is 0 Å². The van der Waals surface area contributed by atoms with E-state index >= 15 is 0 Å². The average Bonchev–Trinajstić information content (AvgIpc) is 3.20. The van der Waals surface area contributed by atoms with Crippen LogP contribution in [0.4, 0.5) is 0 Å². The van der Waals surface area contributed by atoms with Crippen LogP contribution in [-0.4, -0.2) is 41.2 Å². The molecule has 2 amide bonds. The summed E-state index contributed by atoms with van der Waals surface area (Å²) < 4.78 is 0. The van der Waals surface area contributed by atoms with Crippen molar-refractivity contribution < 1.29 is 9.59 Å². The summed E-state index contributed by atoms with van der Waals surface area (Å²) in [4.78, 5) is 29.1. The van der Waals surface area contributed by atoms with Crippen molar-refractivity contribution >= 4 is 11.8 Å².